The lowest BCUT2D eigenvalue weighted by Gasteiger charge is -2.18. The standard InChI is InChI=1S/C25H24N4O6/c1-31-16-5-2-14(3-6-16)17-8-9-26-25(28-17)29-19-12-33-22-18(11-32-23(19)22)27-24(30)15-4-7-20-21(10-15)35-13-34-20/h2-10,18-19,22-23H,11-13H2,1H3,(H,27,30)(H,26,28,29)/t18-,19+,22-,23+/m0/s1. The van der Waals surface area contributed by atoms with E-state index in [-0.39, 0.29) is 37.0 Å². The van der Waals surface area contributed by atoms with Gasteiger partial charge in [0.15, 0.2) is 11.5 Å². The monoisotopic (exact) mass is 476 g/mol. The van der Waals surface area contributed by atoms with E-state index in [1.807, 2.05) is 30.3 Å². The summed E-state index contributed by atoms with van der Waals surface area (Å²) < 4.78 is 27.9. The minimum absolute atomic E-state index is 0.140. The minimum atomic E-state index is -0.268. The van der Waals surface area contributed by atoms with Crippen molar-refractivity contribution in [3.63, 3.8) is 0 Å². The lowest BCUT2D eigenvalue weighted by Crippen LogP contribution is -2.44. The molecule has 3 aromatic rings. The predicted molar refractivity (Wildman–Crippen MR) is 125 cm³/mol. The predicted octanol–water partition coefficient (Wildman–Crippen LogP) is 2.26. The highest BCUT2D eigenvalue weighted by Crippen LogP contribution is 2.33. The number of amides is 1. The number of hydrogen-bond acceptors (Lipinski definition) is 9. The summed E-state index contributed by atoms with van der Waals surface area (Å²) >= 11 is 0. The molecule has 3 aliphatic heterocycles. The van der Waals surface area contributed by atoms with Crippen LogP contribution in [0.15, 0.2) is 54.7 Å². The van der Waals surface area contributed by atoms with E-state index < -0.39 is 0 Å². The maximum absolute atomic E-state index is 12.8. The number of nitrogens with zero attached hydrogens (tertiary/aromatic N) is 2. The normalized spacial score (nSPS) is 24.1. The van der Waals surface area contributed by atoms with Gasteiger partial charge in [-0.2, -0.15) is 0 Å². The highest BCUT2D eigenvalue weighted by molar-refractivity contribution is 5.95. The zero-order chi connectivity index (χ0) is 23.8. The zero-order valence-corrected chi connectivity index (χ0v) is 19.0. The number of carbonyl (C=O) groups is 1. The molecule has 6 rings (SSSR count). The van der Waals surface area contributed by atoms with Crippen LogP contribution in [-0.2, 0) is 9.47 Å². The van der Waals surface area contributed by atoms with Gasteiger partial charge in [-0.1, -0.05) is 0 Å². The van der Waals surface area contributed by atoms with Gasteiger partial charge in [0.2, 0.25) is 12.7 Å². The van der Waals surface area contributed by atoms with Gasteiger partial charge in [0.25, 0.3) is 5.91 Å². The fourth-order valence-electron chi connectivity index (χ4n) is 4.55. The SMILES string of the molecule is COc1ccc(-c2ccnc(N[C@@H]3CO[C@@H]4[C@@H]3OC[C@@H]4NC(=O)c3ccc4c(c3)OCO4)n2)cc1. The first-order chi connectivity index (χ1) is 17.2. The molecule has 1 aromatic heterocycles. The van der Waals surface area contributed by atoms with Gasteiger partial charge >= 0.3 is 0 Å². The van der Waals surface area contributed by atoms with Gasteiger partial charge < -0.3 is 34.3 Å². The summed E-state index contributed by atoms with van der Waals surface area (Å²) in [6.07, 6.45) is 1.21. The van der Waals surface area contributed by atoms with Crippen molar-refractivity contribution in [2.75, 3.05) is 32.4 Å². The van der Waals surface area contributed by atoms with E-state index >= 15 is 0 Å². The summed E-state index contributed by atoms with van der Waals surface area (Å²) in [6.45, 7) is 0.938. The summed E-state index contributed by atoms with van der Waals surface area (Å²) in [5.41, 5.74) is 2.25. The van der Waals surface area contributed by atoms with Crippen molar-refractivity contribution in [1.82, 2.24) is 15.3 Å². The summed E-state index contributed by atoms with van der Waals surface area (Å²) in [6, 6.07) is 14.3. The Hall–Kier alpha value is -3.89. The largest absolute Gasteiger partial charge is 0.497 e. The smallest absolute Gasteiger partial charge is 0.251 e. The number of benzene rings is 2. The first kappa shape index (κ1) is 21.6. The van der Waals surface area contributed by atoms with E-state index in [1.165, 1.54) is 0 Å². The van der Waals surface area contributed by atoms with E-state index in [1.54, 1.807) is 31.5 Å². The van der Waals surface area contributed by atoms with E-state index in [9.17, 15) is 4.79 Å². The van der Waals surface area contributed by atoms with Gasteiger partial charge in [-0.3, -0.25) is 4.79 Å². The average molecular weight is 476 g/mol. The number of anilines is 1. The second kappa shape index (κ2) is 9.05. The summed E-state index contributed by atoms with van der Waals surface area (Å²) in [5.74, 6) is 2.26. The fourth-order valence-corrected chi connectivity index (χ4v) is 4.55. The third kappa shape index (κ3) is 4.22. The van der Waals surface area contributed by atoms with Crippen LogP contribution in [0.3, 0.4) is 0 Å². The third-order valence-electron chi connectivity index (χ3n) is 6.36. The van der Waals surface area contributed by atoms with Gasteiger partial charge in [-0.05, 0) is 48.5 Å². The highest BCUT2D eigenvalue weighted by Gasteiger charge is 2.48. The molecule has 0 aliphatic carbocycles. The number of rotatable bonds is 6. The number of fused-ring (bicyclic) bond motifs is 2. The summed E-state index contributed by atoms with van der Waals surface area (Å²) in [4.78, 5) is 21.8. The molecule has 4 heterocycles. The number of hydrogen-bond donors (Lipinski definition) is 2. The molecule has 2 saturated heterocycles. The van der Waals surface area contributed by atoms with Crippen LogP contribution in [0.5, 0.6) is 17.2 Å². The van der Waals surface area contributed by atoms with Crippen molar-refractivity contribution < 1.29 is 28.5 Å². The van der Waals surface area contributed by atoms with Crippen molar-refractivity contribution >= 4 is 11.9 Å². The Morgan fingerprint density at radius 2 is 1.74 bits per heavy atom. The molecule has 2 N–H and O–H groups in total. The Morgan fingerprint density at radius 1 is 0.971 bits per heavy atom. The highest BCUT2D eigenvalue weighted by atomic mass is 16.7. The van der Waals surface area contributed by atoms with E-state index in [4.69, 9.17) is 23.7 Å². The fraction of sp³-hybridized carbons (Fsp3) is 0.320. The Bertz CT molecular complexity index is 1240. The van der Waals surface area contributed by atoms with E-state index in [0.29, 0.717) is 36.2 Å². The molecular weight excluding hydrogens is 452 g/mol. The van der Waals surface area contributed by atoms with Crippen LogP contribution in [0, 0.1) is 0 Å². The van der Waals surface area contributed by atoms with E-state index in [0.717, 1.165) is 17.0 Å². The second-order valence-electron chi connectivity index (χ2n) is 8.49. The molecule has 0 unspecified atom stereocenters. The lowest BCUT2D eigenvalue weighted by atomic mass is 10.1. The Morgan fingerprint density at radius 3 is 2.57 bits per heavy atom. The van der Waals surface area contributed by atoms with Crippen LogP contribution >= 0.6 is 0 Å². The first-order valence-corrected chi connectivity index (χ1v) is 11.4. The minimum Gasteiger partial charge on any atom is -0.497 e. The molecule has 0 bridgehead atoms. The Labute approximate surface area is 201 Å². The summed E-state index contributed by atoms with van der Waals surface area (Å²) in [7, 11) is 1.64. The molecule has 2 aromatic carbocycles. The number of ether oxygens (including phenoxy) is 5. The topological polar surface area (TPSA) is 113 Å². The third-order valence-corrected chi connectivity index (χ3v) is 6.36. The number of nitrogens with one attached hydrogen (secondary N) is 2. The lowest BCUT2D eigenvalue weighted by molar-refractivity contribution is 0.0652. The van der Waals surface area contributed by atoms with Crippen molar-refractivity contribution in [3.05, 3.63) is 60.3 Å². The quantitative estimate of drug-likeness (QED) is 0.553. The molecular formula is C25H24N4O6. The molecule has 4 atom stereocenters. The van der Waals surface area contributed by atoms with E-state index in [2.05, 4.69) is 20.6 Å². The Kier molecular flexibility index (Phi) is 5.59. The molecule has 180 valence electrons. The first-order valence-electron chi connectivity index (χ1n) is 11.4. The maximum atomic E-state index is 12.8. The molecule has 0 spiro atoms. The molecule has 10 heteroatoms. The van der Waals surface area contributed by atoms with Crippen molar-refractivity contribution in [2.45, 2.75) is 24.3 Å². The van der Waals surface area contributed by atoms with Crippen LogP contribution in [0.4, 0.5) is 5.95 Å². The molecule has 2 fully saturated rings. The average Bonchev–Trinajstić information content (AvgIpc) is 3.62. The van der Waals surface area contributed by atoms with Gasteiger partial charge in [0, 0.05) is 17.3 Å². The van der Waals surface area contributed by atoms with Crippen LogP contribution in [0.25, 0.3) is 11.3 Å². The molecule has 10 nitrogen and oxygen atoms in total. The Balaban J connectivity index is 1.10. The zero-order valence-electron chi connectivity index (χ0n) is 19.0. The van der Waals surface area contributed by atoms with Crippen LogP contribution in [0.1, 0.15) is 10.4 Å². The van der Waals surface area contributed by atoms with Gasteiger partial charge in [-0.25, -0.2) is 9.97 Å². The van der Waals surface area contributed by atoms with Crippen LogP contribution in [0.2, 0.25) is 0 Å². The number of carbonyl (C=O) groups excluding carboxylic acids is 1. The van der Waals surface area contributed by atoms with Crippen LogP contribution in [-0.4, -0.2) is 67.3 Å². The van der Waals surface area contributed by atoms with Gasteiger partial charge in [-0.15, -0.1) is 0 Å². The van der Waals surface area contributed by atoms with Gasteiger partial charge in [0.05, 0.1) is 38.1 Å². The second-order valence-corrected chi connectivity index (χ2v) is 8.49. The summed E-state index contributed by atoms with van der Waals surface area (Å²) in [5, 5.41) is 6.37. The van der Waals surface area contributed by atoms with Crippen molar-refractivity contribution in [3.8, 4) is 28.5 Å². The molecule has 0 radical (unpaired) electrons. The van der Waals surface area contributed by atoms with Crippen molar-refractivity contribution in [1.29, 1.82) is 0 Å². The van der Waals surface area contributed by atoms with Gasteiger partial charge in [0.1, 0.15) is 18.0 Å². The molecule has 1 amide bonds. The van der Waals surface area contributed by atoms with Crippen LogP contribution < -0.4 is 24.8 Å². The molecule has 0 saturated carbocycles. The molecule has 35 heavy (non-hydrogen) atoms. The number of methoxy groups -OCH3 is 1. The number of aromatic nitrogens is 2. The van der Waals surface area contributed by atoms with Crippen molar-refractivity contribution in [2.24, 2.45) is 0 Å². The maximum Gasteiger partial charge on any atom is 0.251 e. The molecule has 3 aliphatic rings.